The number of ether oxygens (including phenoxy) is 1. The van der Waals surface area contributed by atoms with Gasteiger partial charge in [-0.3, -0.25) is 4.79 Å². The van der Waals surface area contributed by atoms with E-state index in [2.05, 4.69) is 0 Å². The van der Waals surface area contributed by atoms with Crippen LogP contribution in [0.5, 0.6) is 5.75 Å². The average molecular weight is 349 g/mol. The van der Waals surface area contributed by atoms with Crippen LogP contribution in [-0.4, -0.2) is 12.5 Å². The molecule has 0 spiro atoms. The minimum Gasteiger partial charge on any atom is -0.489 e. The lowest BCUT2D eigenvalue weighted by molar-refractivity contribution is 0.0988. The van der Waals surface area contributed by atoms with E-state index in [1.165, 1.54) is 12.1 Å². The highest BCUT2D eigenvalue weighted by Crippen LogP contribution is 2.19. The zero-order chi connectivity index (χ0) is 18.4. The van der Waals surface area contributed by atoms with E-state index in [1.54, 1.807) is 29.2 Å². The van der Waals surface area contributed by atoms with Gasteiger partial charge in [-0.2, -0.15) is 0 Å². The van der Waals surface area contributed by atoms with Gasteiger partial charge in [-0.1, -0.05) is 36.4 Å². The standard InChI is InChI=1S/C22H20FNO2/c1-2-24(20-8-6-7-19(23)15-20)22(25)18-13-11-17(12-14-18)16-26-21-9-4-3-5-10-21/h3-15H,2,16H2,1H3. The first-order valence-corrected chi connectivity index (χ1v) is 8.51. The third kappa shape index (κ3) is 4.28. The molecule has 0 heterocycles. The highest BCUT2D eigenvalue weighted by atomic mass is 19.1. The van der Waals surface area contributed by atoms with Gasteiger partial charge in [-0.25, -0.2) is 4.39 Å². The summed E-state index contributed by atoms with van der Waals surface area (Å²) < 4.78 is 19.2. The number of halogens is 1. The van der Waals surface area contributed by atoms with E-state index < -0.39 is 0 Å². The molecule has 1 amide bonds. The van der Waals surface area contributed by atoms with Crippen LogP contribution >= 0.6 is 0 Å². The quantitative estimate of drug-likeness (QED) is 0.622. The normalized spacial score (nSPS) is 10.4. The Bertz CT molecular complexity index is 863. The van der Waals surface area contributed by atoms with Gasteiger partial charge in [0.25, 0.3) is 5.91 Å². The fourth-order valence-electron chi connectivity index (χ4n) is 2.67. The van der Waals surface area contributed by atoms with E-state index >= 15 is 0 Å². The third-order valence-electron chi connectivity index (χ3n) is 4.03. The summed E-state index contributed by atoms with van der Waals surface area (Å²) in [6.45, 7) is 2.76. The molecule has 0 aliphatic carbocycles. The van der Waals surface area contributed by atoms with Crippen molar-refractivity contribution < 1.29 is 13.9 Å². The van der Waals surface area contributed by atoms with Crippen molar-refractivity contribution in [2.75, 3.05) is 11.4 Å². The zero-order valence-corrected chi connectivity index (χ0v) is 14.6. The minimum absolute atomic E-state index is 0.159. The Morgan fingerprint density at radius 1 is 0.962 bits per heavy atom. The molecular formula is C22H20FNO2. The van der Waals surface area contributed by atoms with Crippen molar-refractivity contribution in [3.63, 3.8) is 0 Å². The number of hydrogen-bond acceptors (Lipinski definition) is 2. The lowest BCUT2D eigenvalue weighted by atomic mass is 10.1. The smallest absolute Gasteiger partial charge is 0.258 e. The van der Waals surface area contributed by atoms with Gasteiger partial charge in [0.2, 0.25) is 0 Å². The average Bonchev–Trinajstić information content (AvgIpc) is 2.68. The van der Waals surface area contributed by atoms with Crippen LogP contribution in [-0.2, 0) is 6.61 Å². The fourth-order valence-corrected chi connectivity index (χ4v) is 2.67. The van der Waals surface area contributed by atoms with Crippen molar-refractivity contribution in [3.05, 3.63) is 95.8 Å². The predicted molar refractivity (Wildman–Crippen MR) is 101 cm³/mol. The van der Waals surface area contributed by atoms with Crippen LogP contribution in [0.1, 0.15) is 22.8 Å². The molecular weight excluding hydrogens is 329 g/mol. The van der Waals surface area contributed by atoms with Crippen molar-refractivity contribution in [2.45, 2.75) is 13.5 Å². The molecule has 0 unspecified atom stereocenters. The highest BCUT2D eigenvalue weighted by Gasteiger charge is 2.16. The molecule has 0 aromatic heterocycles. The van der Waals surface area contributed by atoms with Crippen LogP contribution < -0.4 is 9.64 Å². The van der Waals surface area contributed by atoms with E-state index in [0.717, 1.165) is 11.3 Å². The molecule has 3 aromatic rings. The first kappa shape index (κ1) is 17.7. The number of rotatable bonds is 6. The first-order valence-electron chi connectivity index (χ1n) is 8.51. The fraction of sp³-hybridized carbons (Fsp3) is 0.136. The number of benzene rings is 3. The lowest BCUT2D eigenvalue weighted by Crippen LogP contribution is -2.30. The highest BCUT2D eigenvalue weighted by molar-refractivity contribution is 6.06. The second-order valence-electron chi connectivity index (χ2n) is 5.83. The Morgan fingerprint density at radius 3 is 2.35 bits per heavy atom. The van der Waals surface area contributed by atoms with Crippen LogP contribution in [0.4, 0.5) is 10.1 Å². The molecule has 0 bridgehead atoms. The van der Waals surface area contributed by atoms with E-state index in [1.807, 2.05) is 49.4 Å². The maximum atomic E-state index is 13.5. The Labute approximate surface area is 152 Å². The maximum absolute atomic E-state index is 13.5. The number of nitrogens with zero attached hydrogens (tertiary/aromatic N) is 1. The van der Waals surface area contributed by atoms with Crippen molar-refractivity contribution in [1.29, 1.82) is 0 Å². The molecule has 26 heavy (non-hydrogen) atoms. The molecule has 132 valence electrons. The van der Waals surface area contributed by atoms with E-state index in [-0.39, 0.29) is 11.7 Å². The van der Waals surface area contributed by atoms with Gasteiger partial charge in [0.05, 0.1) is 0 Å². The zero-order valence-electron chi connectivity index (χ0n) is 14.6. The molecule has 3 aromatic carbocycles. The van der Waals surface area contributed by atoms with Gasteiger partial charge < -0.3 is 9.64 Å². The van der Waals surface area contributed by atoms with Gasteiger partial charge in [0, 0.05) is 17.8 Å². The monoisotopic (exact) mass is 349 g/mol. The summed E-state index contributed by atoms with van der Waals surface area (Å²) in [5, 5.41) is 0. The van der Waals surface area contributed by atoms with Crippen LogP contribution in [0.15, 0.2) is 78.9 Å². The van der Waals surface area contributed by atoms with Gasteiger partial charge in [0.15, 0.2) is 0 Å². The van der Waals surface area contributed by atoms with Gasteiger partial charge in [-0.05, 0) is 55.0 Å². The second-order valence-corrected chi connectivity index (χ2v) is 5.83. The van der Waals surface area contributed by atoms with Crippen molar-refractivity contribution in [3.8, 4) is 5.75 Å². The number of hydrogen-bond donors (Lipinski definition) is 0. The van der Waals surface area contributed by atoms with Gasteiger partial charge >= 0.3 is 0 Å². The minimum atomic E-state index is -0.359. The predicted octanol–water partition coefficient (Wildman–Crippen LogP) is 5.07. The Hall–Kier alpha value is -3.14. The molecule has 4 heteroatoms. The Kier molecular flexibility index (Phi) is 5.64. The van der Waals surface area contributed by atoms with E-state index in [9.17, 15) is 9.18 Å². The summed E-state index contributed by atoms with van der Waals surface area (Å²) in [6, 6.07) is 22.9. The maximum Gasteiger partial charge on any atom is 0.258 e. The molecule has 3 nitrogen and oxygen atoms in total. The van der Waals surface area contributed by atoms with Crippen LogP contribution in [0.25, 0.3) is 0 Å². The molecule has 0 N–H and O–H groups in total. The van der Waals surface area contributed by atoms with E-state index in [0.29, 0.717) is 24.4 Å². The Balaban J connectivity index is 1.69. The summed E-state index contributed by atoms with van der Waals surface area (Å²) in [5.41, 5.74) is 2.08. The van der Waals surface area contributed by atoms with E-state index in [4.69, 9.17) is 4.74 Å². The van der Waals surface area contributed by atoms with Crippen molar-refractivity contribution in [2.24, 2.45) is 0 Å². The molecule has 0 fully saturated rings. The van der Waals surface area contributed by atoms with Gasteiger partial charge in [-0.15, -0.1) is 0 Å². The summed E-state index contributed by atoms with van der Waals surface area (Å²) in [6.07, 6.45) is 0. The molecule has 3 rings (SSSR count). The molecule has 0 aliphatic heterocycles. The number of para-hydroxylation sites is 1. The number of amides is 1. The van der Waals surface area contributed by atoms with Crippen LogP contribution in [0.3, 0.4) is 0 Å². The molecule has 0 saturated heterocycles. The molecule has 0 atom stereocenters. The molecule has 0 aliphatic rings. The third-order valence-corrected chi connectivity index (χ3v) is 4.03. The van der Waals surface area contributed by atoms with Gasteiger partial charge in [0.1, 0.15) is 18.2 Å². The summed E-state index contributed by atoms with van der Waals surface area (Å²) in [4.78, 5) is 14.3. The number of carbonyl (C=O) groups is 1. The summed E-state index contributed by atoms with van der Waals surface area (Å²) >= 11 is 0. The summed E-state index contributed by atoms with van der Waals surface area (Å²) in [7, 11) is 0. The summed E-state index contributed by atoms with van der Waals surface area (Å²) in [5.74, 6) is 0.284. The topological polar surface area (TPSA) is 29.5 Å². The second kappa shape index (κ2) is 8.30. The SMILES string of the molecule is CCN(C(=O)c1ccc(COc2ccccc2)cc1)c1cccc(F)c1. The number of carbonyl (C=O) groups excluding carboxylic acids is 1. The van der Waals surface area contributed by atoms with Crippen LogP contribution in [0, 0.1) is 5.82 Å². The largest absolute Gasteiger partial charge is 0.489 e. The van der Waals surface area contributed by atoms with Crippen LogP contribution in [0.2, 0.25) is 0 Å². The van der Waals surface area contributed by atoms with Crippen molar-refractivity contribution in [1.82, 2.24) is 0 Å². The lowest BCUT2D eigenvalue weighted by Gasteiger charge is -2.21. The number of anilines is 1. The van der Waals surface area contributed by atoms with Crippen molar-refractivity contribution >= 4 is 11.6 Å². The first-order chi connectivity index (χ1) is 12.7. The molecule has 0 saturated carbocycles. The molecule has 0 radical (unpaired) electrons. The Morgan fingerprint density at radius 2 is 1.69 bits per heavy atom.